The number of hydrogen-bond donors (Lipinski definition) is 3. The molecule has 0 aromatic carbocycles. The van der Waals surface area contributed by atoms with Crippen molar-refractivity contribution in [3.8, 4) is 5.88 Å². The number of halogens is 3. The normalized spacial score (nSPS) is 27.8. The van der Waals surface area contributed by atoms with Crippen LogP contribution in [-0.4, -0.2) is 72.5 Å². The maximum absolute atomic E-state index is 12.3. The van der Waals surface area contributed by atoms with E-state index in [1.165, 1.54) is 10.9 Å². The zero-order valence-electron chi connectivity index (χ0n) is 12.0. The quantitative estimate of drug-likeness (QED) is 0.667. The van der Waals surface area contributed by atoms with Crippen LogP contribution in [0.1, 0.15) is 6.23 Å². The van der Waals surface area contributed by atoms with Gasteiger partial charge >= 0.3 is 6.18 Å². The Morgan fingerprint density at radius 1 is 1.21 bits per heavy atom. The average Bonchev–Trinajstić information content (AvgIpc) is 3.07. The Morgan fingerprint density at radius 3 is 2.58 bits per heavy atom. The molecule has 2 aromatic heterocycles. The van der Waals surface area contributed by atoms with Crippen LogP contribution in [0.25, 0.3) is 11.2 Å². The number of hydrogen-bond acceptors (Lipinski definition) is 8. The van der Waals surface area contributed by atoms with Gasteiger partial charge in [-0.25, -0.2) is 9.97 Å². The molecule has 2 aromatic rings. The fourth-order valence-electron chi connectivity index (χ4n) is 2.38. The minimum absolute atomic E-state index is 0.0528. The van der Waals surface area contributed by atoms with Gasteiger partial charge in [0.25, 0.3) is 0 Å². The molecule has 132 valence electrons. The molecule has 0 aliphatic carbocycles. The van der Waals surface area contributed by atoms with E-state index in [0.29, 0.717) is 0 Å². The molecule has 3 heterocycles. The first-order valence-corrected chi connectivity index (χ1v) is 6.81. The maximum atomic E-state index is 12.3. The summed E-state index contributed by atoms with van der Waals surface area (Å²) >= 11 is 0. The van der Waals surface area contributed by atoms with Crippen molar-refractivity contribution in [1.29, 1.82) is 0 Å². The molecule has 0 radical (unpaired) electrons. The van der Waals surface area contributed by atoms with Crippen molar-refractivity contribution in [3.05, 3.63) is 12.7 Å². The second-order valence-electron chi connectivity index (χ2n) is 5.14. The molecule has 1 saturated heterocycles. The summed E-state index contributed by atoms with van der Waals surface area (Å²) in [7, 11) is 0. The fourth-order valence-corrected chi connectivity index (χ4v) is 2.38. The fraction of sp³-hybridized carbons (Fsp3) is 0.583. The van der Waals surface area contributed by atoms with E-state index >= 15 is 0 Å². The largest absolute Gasteiger partial charge is 0.466 e. The second-order valence-corrected chi connectivity index (χ2v) is 5.14. The maximum Gasteiger partial charge on any atom is 0.422 e. The molecule has 9 nitrogen and oxygen atoms in total. The van der Waals surface area contributed by atoms with E-state index in [2.05, 4.69) is 19.7 Å². The molecule has 0 saturated carbocycles. The van der Waals surface area contributed by atoms with Crippen molar-refractivity contribution in [2.45, 2.75) is 30.7 Å². The Balaban J connectivity index is 1.91. The first-order valence-electron chi connectivity index (χ1n) is 6.81. The monoisotopic (exact) mass is 350 g/mol. The average molecular weight is 350 g/mol. The number of alkyl halides is 3. The molecule has 1 aliphatic rings. The van der Waals surface area contributed by atoms with Gasteiger partial charge in [0.2, 0.25) is 5.88 Å². The van der Waals surface area contributed by atoms with E-state index in [4.69, 9.17) is 9.84 Å². The Morgan fingerprint density at radius 2 is 1.96 bits per heavy atom. The van der Waals surface area contributed by atoms with Crippen molar-refractivity contribution in [3.63, 3.8) is 0 Å². The number of aromatic nitrogens is 4. The van der Waals surface area contributed by atoms with Gasteiger partial charge in [0.15, 0.2) is 24.0 Å². The number of fused-ring (bicyclic) bond motifs is 1. The van der Waals surface area contributed by atoms with Crippen LogP contribution in [0.3, 0.4) is 0 Å². The van der Waals surface area contributed by atoms with Crippen LogP contribution in [0.2, 0.25) is 0 Å². The summed E-state index contributed by atoms with van der Waals surface area (Å²) in [4.78, 5) is 11.4. The number of aliphatic hydroxyl groups is 3. The van der Waals surface area contributed by atoms with Crippen LogP contribution in [0.15, 0.2) is 12.7 Å². The predicted molar refractivity (Wildman–Crippen MR) is 69.9 cm³/mol. The third-order valence-corrected chi connectivity index (χ3v) is 3.49. The molecule has 1 aliphatic heterocycles. The van der Waals surface area contributed by atoms with Crippen LogP contribution in [0.4, 0.5) is 13.2 Å². The summed E-state index contributed by atoms with van der Waals surface area (Å²) in [6, 6.07) is 0. The van der Waals surface area contributed by atoms with Gasteiger partial charge in [0, 0.05) is 0 Å². The van der Waals surface area contributed by atoms with Crippen LogP contribution >= 0.6 is 0 Å². The molecule has 0 bridgehead atoms. The Labute approximate surface area is 132 Å². The third kappa shape index (κ3) is 3.00. The molecular weight excluding hydrogens is 337 g/mol. The highest BCUT2D eigenvalue weighted by Crippen LogP contribution is 2.32. The van der Waals surface area contributed by atoms with Gasteiger partial charge in [-0.05, 0) is 0 Å². The minimum atomic E-state index is -4.54. The number of rotatable bonds is 4. The lowest BCUT2D eigenvalue weighted by Gasteiger charge is -2.16. The summed E-state index contributed by atoms with van der Waals surface area (Å²) < 4.78 is 48.0. The van der Waals surface area contributed by atoms with Crippen LogP contribution in [-0.2, 0) is 4.74 Å². The zero-order valence-corrected chi connectivity index (χ0v) is 12.0. The summed E-state index contributed by atoms with van der Waals surface area (Å²) in [6.07, 6.45) is -7.23. The van der Waals surface area contributed by atoms with Gasteiger partial charge in [0.05, 0.1) is 12.9 Å². The van der Waals surface area contributed by atoms with E-state index in [1.807, 2.05) is 0 Å². The van der Waals surface area contributed by atoms with E-state index < -0.39 is 43.9 Å². The molecule has 24 heavy (non-hydrogen) atoms. The Bertz CT molecular complexity index is 724. The van der Waals surface area contributed by atoms with E-state index in [0.717, 1.165) is 6.33 Å². The predicted octanol–water partition coefficient (Wildman–Crippen LogP) is -0.621. The molecule has 0 amide bonds. The highest BCUT2D eigenvalue weighted by Gasteiger charge is 2.44. The van der Waals surface area contributed by atoms with Gasteiger partial charge in [-0.15, -0.1) is 0 Å². The molecule has 12 heteroatoms. The molecule has 1 fully saturated rings. The van der Waals surface area contributed by atoms with E-state index in [9.17, 15) is 23.4 Å². The Hall–Kier alpha value is -2.02. The lowest BCUT2D eigenvalue weighted by molar-refractivity contribution is -0.153. The molecule has 0 unspecified atom stereocenters. The molecule has 0 spiro atoms. The second kappa shape index (κ2) is 6.12. The van der Waals surface area contributed by atoms with Gasteiger partial charge in [-0.3, -0.25) is 4.57 Å². The van der Waals surface area contributed by atoms with E-state index in [-0.39, 0.29) is 17.0 Å². The summed E-state index contributed by atoms with van der Waals surface area (Å²) in [5.41, 5.74) is -0.00324. The molecule has 3 rings (SSSR count). The lowest BCUT2D eigenvalue weighted by Crippen LogP contribution is -2.33. The number of aliphatic hydroxyl groups excluding tert-OH is 3. The van der Waals surface area contributed by atoms with Crippen molar-refractivity contribution >= 4 is 11.2 Å². The number of nitrogens with zero attached hydrogens (tertiary/aromatic N) is 4. The third-order valence-electron chi connectivity index (χ3n) is 3.49. The first-order chi connectivity index (χ1) is 11.3. The number of imidazole rings is 1. The van der Waals surface area contributed by atoms with Crippen LogP contribution in [0, 0.1) is 0 Å². The summed E-state index contributed by atoms with van der Waals surface area (Å²) in [6.45, 7) is -2.06. The van der Waals surface area contributed by atoms with Gasteiger partial charge < -0.3 is 24.8 Å². The first kappa shape index (κ1) is 16.8. The minimum Gasteiger partial charge on any atom is -0.466 e. The van der Waals surface area contributed by atoms with Gasteiger partial charge in [-0.2, -0.15) is 18.2 Å². The van der Waals surface area contributed by atoms with Crippen LogP contribution in [0.5, 0.6) is 5.88 Å². The SMILES string of the molecule is OC[C@H]1O[C@@H](n2cnc3c(OCC(F)(F)F)ncnc32)[C@H](O)[C@@H]1O. The highest BCUT2D eigenvalue weighted by molar-refractivity contribution is 5.76. The molecule has 4 atom stereocenters. The lowest BCUT2D eigenvalue weighted by atomic mass is 10.1. The zero-order chi connectivity index (χ0) is 17.5. The summed E-state index contributed by atoms with van der Waals surface area (Å²) in [5, 5.41) is 28.9. The van der Waals surface area contributed by atoms with Crippen molar-refractivity contribution in [1.82, 2.24) is 19.5 Å². The summed E-state index contributed by atoms with van der Waals surface area (Å²) in [5.74, 6) is -0.372. The number of ether oxygens (including phenoxy) is 2. The molecular formula is C12H13F3N4O5. The standard InChI is InChI=1S/C12H13F3N4O5/c13-12(14,15)2-23-10-6-9(16-3-17-10)19(4-18-6)11-8(22)7(21)5(1-20)24-11/h3-5,7-8,11,20-22H,1-2H2/t5-,7-,8-,11-/m1/s1. The van der Waals surface area contributed by atoms with Crippen molar-refractivity contribution < 1.29 is 38.0 Å². The topological polar surface area (TPSA) is 123 Å². The smallest absolute Gasteiger partial charge is 0.422 e. The highest BCUT2D eigenvalue weighted by atomic mass is 19.4. The van der Waals surface area contributed by atoms with Crippen molar-refractivity contribution in [2.24, 2.45) is 0 Å². The van der Waals surface area contributed by atoms with Gasteiger partial charge in [0.1, 0.15) is 24.6 Å². The van der Waals surface area contributed by atoms with Gasteiger partial charge in [-0.1, -0.05) is 0 Å². The Kier molecular flexibility index (Phi) is 4.29. The van der Waals surface area contributed by atoms with Crippen LogP contribution < -0.4 is 4.74 Å². The molecule has 3 N–H and O–H groups in total. The van der Waals surface area contributed by atoms with Crippen molar-refractivity contribution in [2.75, 3.05) is 13.2 Å². The van der Waals surface area contributed by atoms with E-state index in [1.54, 1.807) is 0 Å².